The Labute approximate surface area is 233 Å². The average molecular weight is 561 g/mol. The van der Waals surface area contributed by atoms with Gasteiger partial charge in [0.05, 0.1) is 24.2 Å². The predicted molar refractivity (Wildman–Crippen MR) is 150 cm³/mol. The van der Waals surface area contributed by atoms with Crippen LogP contribution in [0.1, 0.15) is 69.1 Å². The van der Waals surface area contributed by atoms with Crippen LogP contribution in [-0.4, -0.2) is 58.4 Å². The van der Waals surface area contributed by atoms with Crippen molar-refractivity contribution in [3.8, 4) is 11.5 Å². The van der Waals surface area contributed by atoms with Crippen molar-refractivity contribution in [3.05, 3.63) is 52.6 Å². The molecule has 218 valence electrons. The van der Waals surface area contributed by atoms with E-state index in [0.29, 0.717) is 46.7 Å². The Balaban J connectivity index is 1.72. The fourth-order valence-electron chi connectivity index (χ4n) is 5.29. The van der Waals surface area contributed by atoms with Gasteiger partial charge in [-0.15, -0.1) is 0 Å². The summed E-state index contributed by atoms with van der Waals surface area (Å²) in [6.45, 7) is 9.90. The number of methoxy groups -OCH3 is 1. The van der Waals surface area contributed by atoms with Crippen LogP contribution in [0.5, 0.6) is 11.5 Å². The van der Waals surface area contributed by atoms with Gasteiger partial charge in [0.25, 0.3) is 0 Å². The minimum absolute atomic E-state index is 0.0194. The Morgan fingerprint density at radius 2 is 1.90 bits per heavy atom. The lowest BCUT2D eigenvalue weighted by Crippen LogP contribution is -2.41. The Hall–Kier alpha value is -3.11. The van der Waals surface area contributed by atoms with Crippen LogP contribution >= 0.6 is 0 Å². The number of aliphatic hydroxyl groups is 1. The molecule has 3 aromatic rings. The molecule has 1 fully saturated rings. The molecule has 0 radical (unpaired) electrons. The number of ether oxygens (including phenoxy) is 2. The van der Waals surface area contributed by atoms with E-state index in [1.165, 1.54) is 12.1 Å². The van der Waals surface area contributed by atoms with Gasteiger partial charge in [-0.1, -0.05) is 12.1 Å². The predicted octanol–water partition coefficient (Wildman–Crippen LogP) is 6.29. The van der Waals surface area contributed by atoms with Crippen LogP contribution in [0.2, 0.25) is 0 Å². The van der Waals surface area contributed by atoms with Crippen LogP contribution in [0.15, 0.2) is 24.3 Å². The van der Waals surface area contributed by atoms with Crippen LogP contribution in [0.25, 0.3) is 10.9 Å². The molecule has 0 aliphatic carbocycles. The second-order valence-electron chi connectivity index (χ2n) is 11.3. The first kappa shape index (κ1) is 29.9. The first-order chi connectivity index (χ1) is 18.7. The summed E-state index contributed by atoms with van der Waals surface area (Å²) in [6, 6.07) is 5.63. The molecule has 2 heterocycles. The first-order valence-corrected chi connectivity index (χ1v) is 13.5. The summed E-state index contributed by atoms with van der Waals surface area (Å²) in [5, 5.41) is 13.8. The molecular weight excluding hydrogens is 521 g/mol. The molecule has 0 unspecified atom stereocenters. The second-order valence-corrected chi connectivity index (χ2v) is 11.3. The summed E-state index contributed by atoms with van der Waals surface area (Å²) in [5.74, 6) is -2.87. The molecule has 1 aliphatic rings. The van der Waals surface area contributed by atoms with Crippen molar-refractivity contribution in [2.75, 3.05) is 26.1 Å². The SMILES string of the molecule is COc1c(OC[C@@H]2CC[C@H](C)N2C)cc2c(N[C@H](C)c3cccc(C(F)(F)C(C)(C)O)c3F)nc(C)nc2c1C. The van der Waals surface area contributed by atoms with E-state index in [-0.39, 0.29) is 11.6 Å². The number of likely N-dealkylation sites (tertiary alicyclic amines) is 1. The Bertz CT molecular complexity index is 1390. The molecule has 2 N–H and O–H groups in total. The van der Waals surface area contributed by atoms with E-state index in [9.17, 15) is 13.9 Å². The highest BCUT2D eigenvalue weighted by Gasteiger charge is 2.49. The molecule has 1 aromatic heterocycles. The van der Waals surface area contributed by atoms with Crippen molar-refractivity contribution in [1.82, 2.24) is 14.9 Å². The highest BCUT2D eigenvalue weighted by atomic mass is 19.3. The summed E-state index contributed by atoms with van der Waals surface area (Å²) >= 11 is 0. The third kappa shape index (κ3) is 5.43. The van der Waals surface area contributed by atoms with E-state index < -0.39 is 28.9 Å². The molecule has 40 heavy (non-hydrogen) atoms. The number of aryl methyl sites for hydroxylation is 2. The highest BCUT2D eigenvalue weighted by molar-refractivity contribution is 5.94. The van der Waals surface area contributed by atoms with Gasteiger partial charge in [-0.05, 0) is 73.6 Å². The number of halogens is 3. The topological polar surface area (TPSA) is 79.7 Å². The van der Waals surface area contributed by atoms with Gasteiger partial charge >= 0.3 is 5.92 Å². The smallest absolute Gasteiger partial charge is 0.303 e. The van der Waals surface area contributed by atoms with Crippen molar-refractivity contribution in [2.24, 2.45) is 0 Å². The lowest BCUT2D eigenvalue weighted by molar-refractivity contribution is -0.170. The fourth-order valence-corrected chi connectivity index (χ4v) is 5.29. The zero-order valence-corrected chi connectivity index (χ0v) is 24.4. The van der Waals surface area contributed by atoms with Gasteiger partial charge in [0, 0.05) is 28.6 Å². The second kappa shape index (κ2) is 11.0. The number of anilines is 1. The van der Waals surface area contributed by atoms with Crippen molar-refractivity contribution in [1.29, 1.82) is 0 Å². The third-order valence-electron chi connectivity index (χ3n) is 8.03. The number of alkyl halides is 2. The number of nitrogens with one attached hydrogen (secondary N) is 1. The van der Waals surface area contributed by atoms with E-state index >= 15 is 4.39 Å². The minimum atomic E-state index is -3.80. The number of aromatic nitrogens is 2. The number of benzene rings is 2. The molecule has 0 bridgehead atoms. The van der Waals surface area contributed by atoms with Crippen LogP contribution in [0, 0.1) is 19.7 Å². The maximum absolute atomic E-state index is 15.5. The molecular formula is C30H39F3N4O3. The monoisotopic (exact) mass is 560 g/mol. The molecule has 2 aromatic carbocycles. The van der Waals surface area contributed by atoms with Crippen molar-refractivity contribution < 1.29 is 27.8 Å². The zero-order chi connectivity index (χ0) is 29.6. The highest BCUT2D eigenvalue weighted by Crippen LogP contribution is 2.42. The molecule has 10 heteroatoms. The van der Waals surface area contributed by atoms with Crippen molar-refractivity contribution in [3.63, 3.8) is 0 Å². The average Bonchev–Trinajstić information content (AvgIpc) is 3.19. The van der Waals surface area contributed by atoms with Crippen LogP contribution in [0.3, 0.4) is 0 Å². The normalized spacial score (nSPS) is 19.2. The minimum Gasteiger partial charge on any atom is -0.493 e. The molecule has 1 aliphatic heterocycles. The third-order valence-corrected chi connectivity index (χ3v) is 8.03. The van der Waals surface area contributed by atoms with Crippen LogP contribution in [0.4, 0.5) is 19.0 Å². The molecule has 1 saturated heterocycles. The van der Waals surface area contributed by atoms with Crippen molar-refractivity contribution in [2.45, 2.75) is 84.0 Å². The molecule has 4 rings (SSSR count). The number of hydrogen-bond acceptors (Lipinski definition) is 7. The van der Waals surface area contributed by atoms with Gasteiger partial charge in [-0.25, -0.2) is 14.4 Å². The first-order valence-electron chi connectivity index (χ1n) is 13.5. The fraction of sp³-hybridized carbons (Fsp3) is 0.533. The van der Waals surface area contributed by atoms with Gasteiger partial charge in [0.1, 0.15) is 29.7 Å². The van der Waals surface area contributed by atoms with Gasteiger partial charge in [0.2, 0.25) is 0 Å². The Morgan fingerprint density at radius 3 is 2.50 bits per heavy atom. The van der Waals surface area contributed by atoms with E-state index in [0.717, 1.165) is 38.3 Å². The van der Waals surface area contributed by atoms with E-state index in [1.807, 2.05) is 13.0 Å². The summed E-state index contributed by atoms with van der Waals surface area (Å²) < 4.78 is 57.2. The Kier molecular flexibility index (Phi) is 8.25. The van der Waals surface area contributed by atoms with Crippen molar-refractivity contribution >= 4 is 16.7 Å². The maximum atomic E-state index is 15.5. The van der Waals surface area contributed by atoms with E-state index in [2.05, 4.69) is 34.2 Å². The molecule has 0 spiro atoms. The van der Waals surface area contributed by atoms with Crippen LogP contribution in [-0.2, 0) is 5.92 Å². The van der Waals surface area contributed by atoms with Gasteiger partial charge < -0.3 is 19.9 Å². The lowest BCUT2D eigenvalue weighted by Gasteiger charge is -2.30. The Morgan fingerprint density at radius 1 is 1.20 bits per heavy atom. The number of hydrogen-bond donors (Lipinski definition) is 2. The summed E-state index contributed by atoms with van der Waals surface area (Å²) in [7, 11) is 3.68. The molecule has 0 amide bonds. The molecule has 3 atom stereocenters. The van der Waals surface area contributed by atoms with E-state index in [4.69, 9.17) is 9.47 Å². The van der Waals surface area contributed by atoms with Gasteiger partial charge in [-0.3, -0.25) is 4.90 Å². The summed E-state index contributed by atoms with van der Waals surface area (Å²) in [4.78, 5) is 11.5. The van der Waals surface area contributed by atoms with E-state index in [1.54, 1.807) is 21.0 Å². The molecule has 0 saturated carbocycles. The van der Waals surface area contributed by atoms with Gasteiger partial charge in [0.15, 0.2) is 11.5 Å². The summed E-state index contributed by atoms with van der Waals surface area (Å²) in [6.07, 6.45) is 2.15. The number of nitrogens with zero attached hydrogens (tertiary/aromatic N) is 3. The lowest BCUT2D eigenvalue weighted by atomic mass is 9.91. The number of likely N-dealkylation sites (N-methyl/N-ethyl adjacent to an activating group) is 1. The quantitative estimate of drug-likeness (QED) is 0.318. The molecule has 7 nitrogen and oxygen atoms in total. The number of rotatable bonds is 9. The van der Waals surface area contributed by atoms with Gasteiger partial charge in [-0.2, -0.15) is 8.78 Å². The largest absolute Gasteiger partial charge is 0.493 e. The standard InChI is InChI=1S/C30H39F3N4O3/c1-16-12-13-20(37(16)7)15-40-24-14-22-26(17(2)27(24)39-8)35-19(4)36-28(22)34-18(3)21-10-9-11-23(25(21)31)30(32,33)29(5,6)38/h9-11,14,16,18,20,38H,12-13,15H2,1-8H3,(H,34,35,36)/t16-,18+,20-/m0/s1. The van der Waals surface area contributed by atoms with Crippen LogP contribution < -0.4 is 14.8 Å². The summed E-state index contributed by atoms with van der Waals surface area (Å²) in [5.41, 5.74) is -1.88. The number of fused-ring (bicyclic) bond motifs is 1. The zero-order valence-electron chi connectivity index (χ0n) is 24.4. The maximum Gasteiger partial charge on any atom is 0.303 e.